The molecule has 3 N–H and O–H groups in total. The first-order valence-electron chi connectivity index (χ1n) is 6.36. The van der Waals surface area contributed by atoms with Gasteiger partial charge in [-0.2, -0.15) is 0 Å². The number of rotatable bonds is 2. The number of imidazole rings is 1. The van der Waals surface area contributed by atoms with Gasteiger partial charge in [-0.1, -0.05) is 0 Å². The van der Waals surface area contributed by atoms with E-state index in [2.05, 4.69) is 14.9 Å². The summed E-state index contributed by atoms with van der Waals surface area (Å²) in [5.41, 5.74) is 7.51. The van der Waals surface area contributed by atoms with Crippen molar-refractivity contribution in [3.63, 3.8) is 0 Å². The molecule has 1 aromatic heterocycles. The van der Waals surface area contributed by atoms with Gasteiger partial charge < -0.3 is 15.6 Å². The summed E-state index contributed by atoms with van der Waals surface area (Å²) in [4.78, 5) is 4.57. The second-order valence-electron chi connectivity index (χ2n) is 5.06. The average molecular weight is 220 g/mol. The van der Waals surface area contributed by atoms with Crippen LogP contribution in [0.1, 0.15) is 36.9 Å². The number of aromatic nitrogens is 2. The maximum absolute atomic E-state index is 6.17. The van der Waals surface area contributed by atoms with E-state index in [0.717, 1.165) is 38.3 Å². The Bertz CT molecular complexity index is 365. The Hall–Kier alpha value is -0.870. The summed E-state index contributed by atoms with van der Waals surface area (Å²) in [5, 5.41) is 3.41. The Labute approximate surface area is 96.2 Å². The molecular formula is C12H20N4. The Balaban J connectivity index is 1.81. The minimum atomic E-state index is 0.163. The zero-order valence-electron chi connectivity index (χ0n) is 9.65. The molecule has 0 saturated carbocycles. The first-order valence-corrected chi connectivity index (χ1v) is 6.36. The molecule has 0 aliphatic carbocycles. The van der Waals surface area contributed by atoms with Crippen molar-refractivity contribution in [3.8, 4) is 0 Å². The van der Waals surface area contributed by atoms with Gasteiger partial charge in [0, 0.05) is 18.3 Å². The van der Waals surface area contributed by atoms with Crippen molar-refractivity contribution >= 4 is 0 Å². The second-order valence-corrected chi connectivity index (χ2v) is 5.06. The summed E-state index contributed by atoms with van der Waals surface area (Å²) in [5.74, 6) is 1.96. The number of hydrogen-bond donors (Lipinski definition) is 2. The van der Waals surface area contributed by atoms with Gasteiger partial charge in [0.25, 0.3) is 0 Å². The van der Waals surface area contributed by atoms with Crippen LogP contribution in [-0.4, -0.2) is 22.6 Å². The smallest absolute Gasteiger partial charge is 0.110 e. The molecule has 2 atom stereocenters. The van der Waals surface area contributed by atoms with Gasteiger partial charge in [-0.05, 0) is 44.7 Å². The molecule has 16 heavy (non-hydrogen) atoms. The van der Waals surface area contributed by atoms with E-state index in [1.165, 1.54) is 24.4 Å². The molecule has 88 valence electrons. The first kappa shape index (κ1) is 10.3. The molecule has 1 aromatic rings. The van der Waals surface area contributed by atoms with Crippen molar-refractivity contribution in [2.45, 2.75) is 38.3 Å². The lowest BCUT2D eigenvalue weighted by atomic mass is 10.0. The highest BCUT2D eigenvalue weighted by molar-refractivity contribution is 5.10. The number of nitrogens with two attached hydrogens (primary N) is 1. The van der Waals surface area contributed by atoms with Gasteiger partial charge in [-0.25, -0.2) is 4.98 Å². The van der Waals surface area contributed by atoms with Crippen LogP contribution in [0.5, 0.6) is 0 Å². The normalized spacial score (nSPS) is 29.3. The fourth-order valence-electron chi connectivity index (χ4n) is 2.95. The summed E-state index contributed by atoms with van der Waals surface area (Å²) in [6.45, 7) is 2.29. The van der Waals surface area contributed by atoms with Gasteiger partial charge in [0.15, 0.2) is 0 Å². The Morgan fingerprint density at radius 2 is 2.44 bits per heavy atom. The molecule has 3 rings (SSSR count). The Morgan fingerprint density at radius 1 is 1.50 bits per heavy atom. The molecule has 1 fully saturated rings. The van der Waals surface area contributed by atoms with Crippen LogP contribution in [0.3, 0.4) is 0 Å². The number of nitrogens with one attached hydrogen (secondary N) is 1. The monoisotopic (exact) mass is 220 g/mol. The standard InChI is InChI=1S/C12H20N4/c13-11-3-1-2-10-8-15-12(16(10)11)6-9-4-5-14-7-9/h8-9,11,14H,1-7,13H2. The van der Waals surface area contributed by atoms with E-state index in [1.54, 1.807) is 0 Å². The average Bonchev–Trinajstić information content (AvgIpc) is 2.90. The molecule has 4 nitrogen and oxygen atoms in total. The van der Waals surface area contributed by atoms with E-state index in [9.17, 15) is 0 Å². The highest BCUT2D eigenvalue weighted by Crippen LogP contribution is 2.25. The second kappa shape index (κ2) is 4.18. The van der Waals surface area contributed by atoms with Crippen LogP contribution in [0.2, 0.25) is 0 Å². The lowest BCUT2D eigenvalue weighted by molar-refractivity contribution is 0.392. The Morgan fingerprint density at radius 3 is 3.25 bits per heavy atom. The highest BCUT2D eigenvalue weighted by atomic mass is 15.2. The summed E-state index contributed by atoms with van der Waals surface area (Å²) in [7, 11) is 0. The van der Waals surface area contributed by atoms with Gasteiger partial charge in [0.1, 0.15) is 5.82 Å². The quantitative estimate of drug-likeness (QED) is 0.776. The Kier molecular flexibility index (Phi) is 2.69. The summed E-state index contributed by atoms with van der Waals surface area (Å²) in [6.07, 6.45) is 7.99. The van der Waals surface area contributed by atoms with Crippen LogP contribution >= 0.6 is 0 Å². The van der Waals surface area contributed by atoms with Crippen LogP contribution in [-0.2, 0) is 12.8 Å². The van der Waals surface area contributed by atoms with Gasteiger partial charge >= 0.3 is 0 Å². The van der Waals surface area contributed by atoms with E-state index in [0.29, 0.717) is 0 Å². The maximum Gasteiger partial charge on any atom is 0.110 e. The zero-order valence-corrected chi connectivity index (χ0v) is 9.65. The van der Waals surface area contributed by atoms with Crippen LogP contribution in [0.4, 0.5) is 0 Å². The summed E-state index contributed by atoms with van der Waals surface area (Å²) < 4.78 is 2.28. The number of aryl methyl sites for hydroxylation is 1. The first-order chi connectivity index (χ1) is 7.84. The molecule has 2 aliphatic heterocycles. The van der Waals surface area contributed by atoms with Crippen molar-refractivity contribution in [3.05, 3.63) is 17.7 Å². The third-order valence-electron chi connectivity index (χ3n) is 3.85. The number of nitrogens with zero attached hydrogens (tertiary/aromatic N) is 2. The molecule has 4 heteroatoms. The minimum absolute atomic E-state index is 0.163. The third-order valence-corrected chi connectivity index (χ3v) is 3.85. The van der Waals surface area contributed by atoms with Crippen molar-refractivity contribution in [1.82, 2.24) is 14.9 Å². The SMILES string of the molecule is NC1CCCc2cnc(CC3CCNC3)n21. The van der Waals surface area contributed by atoms with E-state index in [1.807, 2.05) is 6.20 Å². The lowest BCUT2D eigenvalue weighted by Crippen LogP contribution is -2.27. The zero-order chi connectivity index (χ0) is 11.0. The van der Waals surface area contributed by atoms with Crippen molar-refractivity contribution in [2.24, 2.45) is 11.7 Å². The minimum Gasteiger partial charge on any atom is -0.316 e. The van der Waals surface area contributed by atoms with E-state index < -0.39 is 0 Å². The van der Waals surface area contributed by atoms with Gasteiger partial charge in [0.2, 0.25) is 0 Å². The van der Waals surface area contributed by atoms with E-state index >= 15 is 0 Å². The molecule has 0 radical (unpaired) electrons. The molecule has 0 aromatic carbocycles. The molecule has 0 bridgehead atoms. The molecule has 0 amide bonds. The maximum atomic E-state index is 6.17. The lowest BCUT2D eigenvalue weighted by Gasteiger charge is -2.24. The van der Waals surface area contributed by atoms with Gasteiger partial charge in [-0.15, -0.1) is 0 Å². The molecular weight excluding hydrogens is 200 g/mol. The fourth-order valence-corrected chi connectivity index (χ4v) is 2.95. The third kappa shape index (κ3) is 1.76. The molecule has 2 aliphatic rings. The van der Waals surface area contributed by atoms with Crippen molar-refractivity contribution < 1.29 is 0 Å². The summed E-state index contributed by atoms with van der Waals surface area (Å²) in [6, 6.07) is 0. The topological polar surface area (TPSA) is 55.9 Å². The van der Waals surface area contributed by atoms with Crippen LogP contribution in [0.15, 0.2) is 6.20 Å². The predicted molar refractivity (Wildman–Crippen MR) is 63.1 cm³/mol. The summed E-state index contributed by atoms with van der Waals surface area (Å²) >= 11 is 0. The fraction of sp³-hybridized carbons (Fsp3) is 0.750. The van der Waals surface area contributed by atoms with Gasteiger partial charge in [-0.3, -0.25) is 0 Å². The van der Waals surface area contributed by atoms with E-state index in [-0.39, 0.29) is 6.17 Å². The van der Waals surface area contributed by atoms with E-state index in [4.69, 9.17) is 5.73 Å². The number of hydrogen-bond acceptors (Lipinski definition) is 3. The van der Waals surface area contributed by atoms with Gasteiger partial charge in [0.05, 0.1) is 6.17 Å². The molecule has 2 unspecified atom stereocenters. The van der Waals surface area contributed by atoms with Crippen molar-refractivity contribution in [1.29, 1.82) is 0 Å². The largest absolute Gasteiger partial charge is 0.316 e. The highest BCUT2D eigenvalue weighted by Gasteiger charge is 2.23. The predicted octanol–water partition coefficient (Wildman–Crippen LogP) is 0.829. The van der Waals surface area contributed by atoms with Crippen LogP contribution in [0, 0.1) is 5.92 Å². The van der Waals surface area contributed by atoms with Crippen molar-refractivity contribution in [2.75, 3.05) is 13.1 Å². The number of fused-ring (bicyclic) bond motifs is 1. The molecule has 1 saturated heterocycles. The van der Waals surface area contributed by atoms with Crippen LogP contribution in [0.25, 0.3) is 0 Å². The molecule has 3 heterocycles. The molecule has 0 spiro atoms. The van der Waals surface area contributed by atoms with Crippen LogP contribution < -0.4 is 11.1 Å².